The third-order valence-corrected chi connectivity index (χ3v) is 6.09. The van der Waals surface area contributed by atoms with Gasteiger partial charge in [-0.25, -0.2) is 4.98 Å². The Bertz CT molecular complexity index is 1360. The van der Waals surface area contributed by atoms with Crippen molar-refractivity contribution in [1.82, 2.24) is 19.7 Å². The molecule has 1 aliphatic heterocycles. The van der Waals surface area contributed by atoms with E-state index in [9.17, 15) is 0 Å². The Kier molecular flexibility index (Phi) is 6.17. The molecule has 172 valence electrons. The van der Waals surface area contributed by atoms with Crippen LogP contribution in [-0.2, 0) is 13.7 Å². The van der Waals surface area contributed by atoms with Gasteiger partial charge in [0.2, 0.25) is 5.88 Å². The van der Waals surface area contributed by atoms with Crippen molar-refractivity contribution in [3.8, 4) is 17.1 Å². The number of nitrogens with zero attached hydrogens (tertiary/aromatic N) is 4. The van der Waals surface area contributed by atoms with E-state index in [4.69, 9.17) is 9.72 Å². The number of benzene rings is 2. The minimum atomic E-state index is 0.462. The molecule has 4 aromatic rings. The van der Waals surface area contributed by atoms with Crippen LogP contribution >= 0.6 is 0 Å². The lowest BCUT2D eigenvalue weighted by molar-refractivity contribution is 0.290. The summed E-state index contributed by atoms with van der Waals surface area (Å²) < 4.78 is 7.99. The largest absolute Gasteiger partial charge is 0.471 e. The topological polar surface area (TPSA) is 43.2 Å². The summed E-state index contributed by atoms with van der Waals surface area (Å²) in [6, 6.07) is 18.9. The van der Waals surface area contributed by atoms with Crippen molar-refractivity contribution in [2.45, 2.75) is 26.9 Å². The van der Waals surface area contributed by atoms with E-state index in [1.807, 2.05) is 30.1 Å². The normalized spacial score (nSPS) is 13.4. The number of aromatic nitrogens is 3. The summed E-state index contributed by atoms with van der Waals surface area (Å²) in [4.78, 5) is 7.22. The minimum absolute atomic E-state index is 0.462. The SMILES string of the molecule is CCCN1C=C(c2cn(C)nc2OCc2ccc(-c3nc4ccccc4cc3C)cc2)C=CC1. The number of ether oxygens (including phenoxy) is 1. The number of pyridine rings is 1. The number of para-hydroxylation sites is 1. The van der Waals surface area contributed by atoms with E-state index in [1.165, 1.54) is 10.9 Å². The average Bonchev–Trinajstić information content (AvgIpc) is 3.23. The lowest BCUT2D eigenvalue weighted by Crippen LogP contribution is -2.20. The van der Waals surface area contributed by atoms with Crippen LogP contribution in [-0.4, -0.2) is 32.8 Å². The minimum Gasteiger partial charge on any atom is -0.471 e. The van der Waals surface area contributed by atoms with Gasteiger partial charge in [0.25, 0.3) is 0 Å². The zero-order valence-corrected chi connectivity index (χ0v) is 20.0. The van der Waals surface area contributed by atoms with Gasteiger partial charge in [-0.3, -0.25) is 4.68 Å². The molecule has 0 atom stereocenters. The third kappa shape index (κ3) is 4.60. The smallest absolute Gasteiger partial charge is 0.241 e. The number of hydrogen-bond donors (Lipinski definition) is 0. The van der Waals surface area contributed by atoms with E-state index in [0.29, 0.717) is 12.5 Å². The molecule has 1 aliphatic rings. The first-order valence-electron chi connectivity index (χ1n) is 11.9. The monoisotopic (exact) mass is 450 g/mol. The number of rotatable bonds is 7. The first-order chi connectivity index (χ1) is 16.6. The molecule has 0 N–H and O–H groups in total. The Morgan fingerprint density at radius 2 is 1.88 bits per heavy atom. The lowest BCUT2D eigenvalue weighted by Gasteiger charge is -2.22. The molecule has 2 aromatic heterocycles. The number of aryl methyl sites for hydroxylation is 2. The van der Waals surface area contributed by atoms with Crippen LogP contribution in [0.2, 0.25) is 0 Å². The number of fused-ring (bicyclic) bond motifs is 1. The third-order valence-electron chi connectivity index (χ3n) is 6.09. The molecule has 5 heteroatoms. The van der Waals surface area contributed by atoms with Crippen LogP contribution in [0.25, 0.3) is 27.7 Å². The van der Waals surface area contributed by atoms with E-state index >= 15 is 0 Å². The van der Waals surface area contributed by atoms with E-state index < -0.39 is 0 Å². The highest BCUT2D eigenvalue weighted by atomic mass is 16.5. The van der Waals surface area contributed by atoms with Crippen molar-refractivity contribution in [2.24, 2.45) is 7.05 Å². The summed E-state index contributed by atoms with van der Waals surface area (Å²) >= 11 is 0. The van der Waals surface area contributed by atoms with Crippen LogP contribution in [0.3, 0.4) is 0 Å². The Morgan fingerprint density at radius 3 is 2.71 bits per heavy atom. The molecule has 0 saturated heterocycles. The van der Waals surface area contributed by atoms with Gasteiger partial charge < -0.3 is 9.64 Å². The molecule has 0 radical (unpaired) electrons. The van der Waals surface area contributed by atoms with Crippen LogP contribution in [0.5, 0.6) is 5.88 Å². The van der Waals surface area contributed by atoms with Crippen LogP contribution < -0.4 is 4.74 Å². The van der Waals surface area contributed by atoms with Gasteiger partial charge in [0.1, 0.15) is 6.61 Å². The predicted molar refractivity (Wildman–Crippen MR) is 138 cm³/mol. The fraction of sp³-hybridized carbons (Fsp3) is 0.241. The summed E-state index contributed by atoms with van der Waals surface area (Å²) in [7, 11) is 1.93. The number of allylic oxidation sites excluding steroid dienone is 2. The molecule has 5 rings (SSSR count). The fourth-order valence-corrected chi connectivity index (χ4v) is 4.41. The lowest BCUT2D eigenvalue weighted by atomic mass is 10.0. The molecule has 0 bridgehead atoms. The van der Waals surface area contributed by atoms with Crippen molar-refractivity contribution in [3.05, 3.63) is 95.8 Å². The first kappa shape index (κ1) is 22.0. The molecule has 0 aliphatic carbocycles. The molecule has 5 nitrogen and oxygen atoms in total. The Hall–Kier alpha value is -3.86. The highest BCUT2D eigenvalue weighted by Crippen LogP contribution is 2.29. The van der Waals surface area contributed by atoms with Gasteiger partial charge in [0.05, 0.1) is 16.8 Å². The van der Waals surface area contributed by atoms with Crippen molar-refractivity contribution in [3.63, 3.8) is 0 Å². The Labute approximate surface area is 201 Å². The van der Waals surface area contributed by atoms with Crippen LogP contribution in [0.15, 0.2) is 79.1 Å². The molecule has 2 aromatic carbocycles. The van der Waals surface area contributed by atoms with Crippen molar-refractivity contribution in [2.75, 3.05) is 13.1 Å². The van der Waals surface area contributed by atoms with Crippen LogP contribution in [0.4, 0.5) is 0 Å². The van der Waals surface area contributed by atoms with Crippen LogP contribution in [0, 0.1) is 6.92 Å². The maximum Gasteiger partial charge on any atom is 0.241 e. The predicted octanol–water partition coefficient (Wildman–Crippen LogP) is 6.15. The summed E-state index contributed by atoms with van der Waals surface area (Å²) in [5.41, 5.74) is 7.57. The van der Waals surface area contributed by atoms with E-state index in [0.717, 1.165) is 53.0 Å². The van der Waals surface area contributed by atoms with Gasteiger partial charge in [0, 0.05) is 49.1 Å². The molecule has 3 heterocycles. The zero-order valence-electron chi connectivity index (χ0n) is 20.0. The Morgan fingerprint density at radius 1 is 1.06 bits per heavy atom. The van der Waals surface area contributed by atoms with Gasteiger partial charge >= 0.3 is 0 Å². The van der Waals surface area contributed by atoms with Crippen molar-refractivity contribution < 1.29 is 4.74 Å². The summed E-state index contributed by atoms with van der Waals surface area (Å²) in [5, 5.41) is 5.74. The summed E-state index contributed by atoms with van der Waals surface area (Å²) in [6.07, 6.45) is 9.71. The van der Waals surface area contributed by atoms with Gasteiger partial charge in [-0.1, -0.05) is 61.5 Å². The highest BCUT2D eigenvalue weighted by Gasteiger charge is 2.16. The van der Waals surface area contributed by atoms with Gasteiger partial charge in [-0.05, 0) is 36.6 Å². The fourth-order valence-electron chi connectivity index (χ4n) is 4.41. The standard InChI is InChI=1S/C29H30N4O/c1-4-15-33-16-7-9-25(18-33)26-19-32(3)31-29(26)34-20-22-11-13-23(14-12-22)28-21(2)17-24-8-5-6-10-27(24)30-28/h5-14,17-19H,4,15-16,20H2,1-3H3. The Balaban J connectivity index is 1.33. The van der Waals surface area contributed by atoms with Gasteiger partial charge in [-0.15, -0.1) is 5.10 Å². The maximum absolute atomic E-state index is 6.18. The summed E-state index contributed by atoms with van der Waals surface area (Å²) in [5.74, 6) is 0.660. The zero-order chi connectivity index (χ0) is 23.5. The van der Waals surface area contributed by atoms with Crippen molar-refractivity contribution >= 4 is 16.5 Å². The van der Waals surface area contributed by atoms with Crippen LogP contribution in [0.1, 0.15) is 30.0 Å². The molecule has 0 unspecified atom stereocenters. The molecule has 0 amide bonds. The van der Waals surface area contributed by atoms with Gasteiger partial charge in [-0.2, -0.15) is 0 Å². The summed E-state index contributed by atoms with van der Waals surface area (Å²) in [6.45, 7) is 6.77. The van der Waals surface area contributed by atoms with E-state index in [-0.39, 0.29) is 0 Å². The molecular weight excluding hydrogens is 420 g/mol. The van der Waals surface area contributed by atoms with E-state index in [1.54, 1.807) is 0 Å². The average molecular weight is 451 g/mol. The maximum atomic E-state index is 6.18. The first-order valence-corrected chi connectivity index (χ1v) is 11.9. The second kappa shape index (κ2) is 9.56. The molecule has 0 fully saturated rings. The quantitative estimate of drug-likeness (QED) is 0.339. The van der Waals surface area contributed by atoms with E-state index in [2.05, 4.69) is 84.7 Å². The number of hydrogen-bond acceptors (Lipinski definition) is 4. The molecule has 0 saturated carbocycles. The van der Waals surface area contributed by atoms with Gasteiger partial charge in [0.15, 0.2) is 0 Å². The molecule has 0 spiro atoms. The van der Waals surface area contributed by atoms with Crippen molar-refractivity contribution in [1.29, 1.82) is 0 Å². The highest BCUT2D eigenvalue weighted by molar-refractivity contribution is 5.83. The molecule has 34 heavy (non-hydrogen) atoms. The second-order valence-corrected chi connectivity index (χ2v) is 8.84. The molecular formula is C29H30N4O. The second-order valence-electron chi connectivity index (χ2n) is 8.84.